The molecule has 1 aromatic carbocycles. The normalized spacial score (nSPS) is 19.9. The zero-order chi connectivity index (χ0) is 9.42. The Hall–Kier alpha value is -0.670. The lowest BCUT2D eigenvalue weighted by atomic mass is 10.1. The van der Waals surface area contributed by atoms with Crippen molar-refractivity contribution in [3.63, 3.8) is 0 Å². The summed E-state index contributed by atoms with van der Waals surface area (Å²) < 4.78 is 0. The Bertz CT molecular complexity index is 365. The van der Waals surface area contributed by atoms with E-state index in [2.05, 4.69) is 0 Å². The lowest BCUT2D eigenvalue weighted by Gasteiger charge is -2.01. The monoisotopic (exact) mass is 214 g/mol. The number of aromatic carboxylic acids is 1. The summed E-state index contributed by atoms with van der Waals surface area (Å²) in [4.78, 5) is 11.6. The number of carbonyl (C=O) groups is 1. The summed E-state index contributed by atoms with van der Waals surface area (Å²) in [6, 6.07) is 5.09. The van der Waals surface area contributed by atoms with Crippen molar-refractivity contribution in [3.8, 4) is 0 Å². The number of thioether (sulfide) groups is 1. The average molecular weight is 215 g/mol. The molecule has 0 radical (unpaired) electrons. The van der Waals surface area contributed by atoms with Gasteiger partial charge in [-0.05, 0) is 17.7 Å². The van der Waals surface area contributed by atoms with Gasteiger partial charge in [-0.1, -0.05) is 6.07 Å². The van der Waals surface area contributed by atoms with Crippen LogP contribution in [0.3, 0.4) is 0 Å². The fourth-order valence-corrected chi connectivity index (χ4v) is 2.84. The first-order valence-corrected chi connectivity index (χ1v) is 5.25. The maximum absolute atomic E-state index is 10.6. The molecule has 13 heavy (non-hydrogen) atoms. The van der Waals surface area contributed by atoms with Gasteiger partial charge < -0.3 is 5.11 Å². The zero-order valence-corrected chi connectivity index (χ0v) is 8.23. The molecule has 0 aliphatic carbocycles. The molecule has 1 aromatic rings. The van der Waals surface area contributed by atoms with Gasteiger partial charge >= 0.3 is 5.97 Å². The number of hydrogen-bond acceptors (Lipinski definition) is 2. The highest BCUT2D eigenvalue weighted by Gasteiger charge is 2.21. The summed E-state index contributed by atoms with van der Waals surface area (Å²) in [6.45, 7) is 0. The molecule has 0 saturated carbocycles. The van der Waals surface area contributed by atoms with Gasteiger partial charge in [-0.25, -0.2) is 4.79 Å². The van der Waals surface area contributed by atoms with Crippen LogP contribution in [-0.4, -0.2) is 16.8 Å². The van der Waals surface area contributed by atoms with E-state index in [1.54, 1.807) is 30.0 Å². The van der Waals surface area contributed by atoms with E-state index in [0.717, 1.165) is 16.2 Å². The second-order valence-corrected chi connectivity index (χ2v) is 4.42. The summed E-state index contributed by atoms with van der Waals surface area (Å²) in [5, 5.41) is 8.77. The van der Waals surface area contributed by atoms with E-state index in [0.29, 0.717) is 5.56 Å². The van der Waals surface area contributed by atoms with Crippen LogP contribution in [0, 0.1) is 0 Å². The lowest BCUT2D eigenvalue weighted by Crippen LogP contribution is -1.96. The molecule has 0 aromatic heterocycles. The van der Waals surface area contributed by atoms with Gasteiger partial charge in [-0.3, -0.25) is 0 Å². The minimum atomic E-state index is -0.888. The third-order valence-electron chi connectivity index (χ3n) is 1.98. The Morgan fingerprint density at radius 2 is 2.38 bits per heavy atom. The van der Waals surface area contributed by atoms with Crippen molar-refractivity contribution in [2.45, 2.75) is 10.3 Å². The van der Waals surface area contributed by atoms with Crippen LogP contribution < -0.4 is 0 Å². The maximum atomic E-state index is 10.6. The van der Waals surface area contributed by atoms with Crippen molar-refractivity contribution in [3.05, 3.63) is 29.3 Å². The summed E-state index contributed by atoms with van der Waals surface area (Å²) in [5.41, 5.74) is 1.38. The summed E-state index contributed by atoms with van der Waals surface area (Å²) in [7, 11) is 0. The van der Waals surface area contributed by atoms with Gasteiger partial charge in [0.25, 0.3) is 0 Å². The summed E-state index contributed by atoms with van der Waals surface area (Å²) in [6.07, 6.45) is 0. The fourth-order valence-electron chi connectivity index (χ4n) is 1.30. The van der Waals surface area contributed by atoms with Gasteiger partial charge in [0.05, 0.1) is 10.9 Å². The molecule has 0 spiro atoms. The van der Waals surface area contributed by atoms with E-state index >= 15 is 0 Å². The van der Waals surface area contributed by atoms with Crippen LogP contribution in [0.5, 0.6) is 0 Å². The first-order chi connectivity index (χ1) is 6.18. The van der Waals surface area contributed by atoms with Gasteiger partial charge in [-0.2, -0.15) is 0 Å². The van der Waals surface area contributed by atoms with Crippen LogP contribution in [0.2, 0.25) is 0 Å². The van der Waals surface area contributed by atoms with Gasteiger partial charge in [-0.15, -0.1) is 23.4 Å². The Balaban J connectivity index is 2.45. The van der Waals surface area contributed by atoms with Crippen molar-refractivity contribution < 1.29 is 9.90 Å². The molecule has 1 unspecified atom stereocenters. The van der Waals surface area contributed by atoms with E-state index in [9.17, 15) is 4.79 Å². The van der Waals surface area contributed by atoms with Crippen LogP contribution in [0.25, 0.3) is 0 Å². The van der Waals surface area contributed by atoms with Gasteiger partial charge in [0.2, 0.25) is 0 Å². The van der Waals surface area contributed by atoms with E-state index in [1.165, 1.54) is 0 Å². The molecular weight excluding hydrogens is 208 g/mol. The largest absolute Gasteiger partial charge is 0.478 e. The number of benzene rings is 1. The molecule has 0 saturated heterocycles. The van der Waals surface area contributed by atoms with Crippen LogP contribution in [0.1, 0.15) is 21.3 Å². The zero-order valence-electron chi connectivity index (χ0n) is 6.66. The Labute approximate surface area is 84.9 Å². The molecule has 1 atom stereocenters. The van der Waals surface area contributed by atoms with E-state index in [-0.39, 0.29) is 5.38 Å². The molecule has 68 valence electrons. The van der Waals surface area contributed by atoms with Gasteiger partial charge in [0.1, 0.15) is 0 Å². The number of hydrogen-bond donors (Lipinski definition) is 1. The van der Waals surface area contributed by atoms with E-state index in [4.69, 9.17) is 16.7 Å². The SMILES string of the molecule is O=C(O)c1ccc2c(c1)SCC2Cl. The minimum Gasteiger partial charge on any atom is -0.478 e. The first-order valence-electron chi connectivity index (χ1n) is 3.82. The highest BCUT2D eigenvalue weighted by atomic mass is 35.5. The molecule has 0 fully saturated rings. The van der Waals surface area contributed by atoms with E-state index < -0.39 is 5.97 Å². The molecule has 1 N–H and O–H groups in total. The van der Waals surface area contributed by atoms with Crippen molar-refractivity contribution >= 4 is 29.3 Å². The fraction of sp³-hybridized carbons (Fsp3) is 0.222. The molecule has 1 heterocycles. The predicted octanol–water partition coefficient (Wildman–Crippen LogP) is 2.77. The van der Waals surface area contributed by atoms with Crippen molar-refractivity contribution in [1.29, 1.82) is 0 Å². The molecule has 2 nitrogen and oxygen atoms in total. The molecule has 4 heteroatoms. The number of carboxylic acid groups (broad SMARTS) is 1. The van der Waals surface area contributed by atoms with Gasteiger partial charge in [0, 0.05) is 10.6 Å². The lowest BCUT2D eigenvalue weighted by molar-refractivity contribution is 0.0696. The van der Waals surface area contributed by atoms with Crippen LogP contribution in [-0.2, 0) is 0 Å². The minimum absolute atomic E-state index is 0.0304. The van der Waals surface area contributed by atoms with Crippen molar-refractivity contribution in [2.75, 3.05) is 5.75 Å². The quantitative estimate of drug-likeness (QED) is 0.731. The Kier molecular flexibility index (Phi) is 2.22. The van der Waals surface area contributed by atoms with Crippen molar-refractivity contribution in [2.24, 2.45) is 0 Å². The molecular formula is C9H7ClO2S. The van der Waals surface area contributed by atoms with E-state index in [1.807, 2.05) is 0 Å². The number of rotatable bonds is 1. The maximum Gasteiger partial charge on any atom is 0.335 e. The average Bonchev–Trinajstić information content (AvgIpc) is 2.47. The smallest absolute Gasteiger partial charge is 0.335 e. The molecule has 0 amide bonds. The summed E-state index contributed by atoms with van der Waals surface area (Å²) in [5.74, 6) is -0.0543. The molecule has 1 aliphatic heterocycles. The second kappa shape index (κ2) is 3.24. The van der Waals surface area contributed by atoms with Gasteiger partial charge in [0.15, 0.2) is 0 Å². The standard InChI is InChI=1S/C9H7ClO2S/c10-7-4-13-8-3-5(9(11)12)1-2-6(7)8/h1-3,7H,4H2,(H,11,12). The Morgan fingerprint density at radius 3 is 3.08 bits per heavy atom. The highest BCUT2D eigenvalue weighted by molar-refractivity contribution is 7.99. The summed E-state index contributed by atoms with van der Waals surface area (Å²) >= 11 is 7.62. The predicted molar refractivity (Wildman–Crippen MR) is 52.7 cm³/mol. The molecule has 1 aliphatic rings. The third kappa shape index (κ3) is 1.54. The topological polar surface area (TPSA) is 37.3 Å². The van der Waals surface area contributed by atoms with Crippen molar-refractivity contribution in [1.82, 2.24) is 0 Å². The number of carboxylic acids is 1. The number of alkyl halides is 1. The Morgan fingerprint density at radius 1 is 1.62 bits per heavy atom. The number of halogens is 1. The molecule has 2 rings (SSSR count). The number of fused-ring (bicyclic) bond motifs is 1. The second-order valence-electron chi connectivity index (χ2n) is 2.84. The molecule has 0 bridgehead atoms. The first kappa shape index (κ1) is 8.91. The highest BCUT2D eigenvalue weighted by Crippen LogP contribution is 2.41. The van der Waals surface area contributed by atoms with Crippen LogP contribution in [0.4, 0.5) is 0 Å². The van der Waals surface area contributed by atoms with Crippen LogP contribution in [0.15, 0.2) is 23.1 Å². The third-order valence-corrected chi connectivity index (χ3v) is 3.72. The van der Waals surface area contributed by atoms with Crippen LogP contribution >= 0.6 is 23.4 Å².